The number of imidazole rings is 1. The number of methoxy groups -OCH3 is 1. The Labute approximate surface area is 223 Å². The number of carbonyl (C=O) groups excluding carboxylic acids is 1. The van der Waals surface area contributed by atoms with Crippen LogP contribution >= 0.6 is 0 Å². The van der Waals surface area contributed by atoms with Crippen molar-refractivity contribution in [2.45, 2.75) is 33.2 Å². The summed E-state index contributed by atoms with van der Waals surface area (Å²) in [7, 11) is 1.38. The molecule has 0 saturated carbocycles. The van der Waals surface area contributed by atoms with Gasteiger partial charge in [-0.05, 0) is 67.1 Å². The number of esters is 1. The van der Waals surface area contributed by atoms with Gasteiger partial charge in [0.25, 0.3) is 6.01 Å². The lowest BCUT2D eigenvalue weighted by Crippen LogP contribution is -2.34. The van der Waals surface area contributed by atoms with Crippen LogP contribution in [0, 0.1) is 17.2 Å². The number of nitriles is 1. The molecular formula is C31H32N4O3. The van der Waals surface area contributed by atoms with Crippen LogP contribution in [0.15, 0.2) is 60.7 Å². The summed E-state index contributed by atoms with van der Waals surface area (Å²) in [6, 6.07) is 22.5. The van der Waals surface area contributed by atoms with E-state index in [1.54, 1.807) is 12.1 Å². The molecule has 1 fully saturated rings. The Morgan fingerprint density at radius 1 is 1.16 bits per heavy atom. The molecule has 1 atom stereocenters. The Morgan fingerprint density at radius 3 is 2.68 bits per heavy atom. The van der Waals surface area contributed by atoms with Crippen LogP contribution in [-0.4, -0.2) is 42.3 Å². The monoisotopic (exact) mass is 508 g/mol. The lowest BCUT2D eigenvalue weighted by Gasteiger charge is -2.33. The minimum Gasteiger partial charge on any atom is -0.465 e. The largest absolute Gasteiger partial charge is 0.465 e. The van der Waals surface area contributed by atoms with E-state index in [1.165, 1.54) is 20.0 Å². The number of para-hydroxylation sites is 1. The number of fused-ring (bicyclic) bond motifs is 1. The maximum Gasteiger partial charge on any atom is 0.340 e. The minimum absolute atomic E-state index is 0.415. The Morgan fingerprint density at radius 2 is 1.97 bits per heavy atom. The molecule has 1 saturated heterocycles. The highest BCUT2D eigenvalue weighted by atomic mass is 16.5. The van der Waals surface area contributed by atoms with Gasteiger partial charge in [-0.25, -0.2) is 4.79 Å². The molecule has 7 nitrogen and oxygen atoms in total. The van der Waals surface area contributed by atoms with Crippen molar-refractivity contribution >= 4 is 22.7 Å². The lowest BCUT2D eigenvalue weighted by atomic mass is 9.96. The Bertz CT molecular complexity index is 1500. The molecule has 194 valence electrons. The summed E-state index contributed by atoms with van der Waals surface area (Å²) < 4.78 is 12.8. The first-order valence-corrected chi connectivity index (χ1v) is 13.1. The van der Waals surface area contributed by atoms with E-state index in [4.69, 9.17) is 9.47 Å². The number of hydrogen-bond acceptors (Lipinski definition) is 6. The molecule has 0 amide bonds. The Hall–Kier alpha value is -4.31. The van der Waals surface area contributed by atoms with Crippen LogP contribution in [0.3, 0.4) is 0 Å². The van der Waals surface area contributed by atoms with Gasteiger partial charge in [0, 0.05) is 24.3 Å². The van der Waals surface area contributed by atoms with Gasteiger partial charge < -0.3 is 14.4 Å². The van der Waals surface area contributed by atoms with Gasteiger partial charge in [-0.1, -0.05) is 37.3 Å². The summed E-state index contributed by atoms with van der Waals surface area (Å²) in [4.78, 5) is 19.5. The second kappa shape index (κ2) is 11.0. The van der Waals surface area contributed by atoms with Gasteiger partial charge in [0.15, 0.2) is 0 Å². The fraction of sp³-hybridized carbons (Fsp3) is 0.323. The summed E-state index contributed by atoms with van der Waals surface area (Å²) in [5, 5.41) is 9.80. The van der Waals surface area contributed by atoms with Crippen LogP contribution in [0.1, 0.15) is 48.2 Å². The number of benzene rings is 3. The summed E-state index contributed by atoms with van der Waals surface area (Å²) >= 11 is 0. The van der Waals surface area contributed by atoms with Crippen LogP contribution in [-0.2, 0) is 11.3 Å². The number of ether oxygens (including phenoxy) is 2. The quantitative estimate of drug-likeness (QED) is 0.283. The summed E-state index contributed by atoms with van der Waals surface area (Å²) in [6.07, 6.45) is 2.45. The van der Waals surface area contributed by atoms with Crippen LogP contribution in [0.2, 0.25) is 0 Å². The zero-order chi connectivity index (χ0) is 26.6. The predicted octanol–water partition coefficient (Wildman–Crippen LogP) is 6.04. The van der Waals surface area contributed by atoms with Crippen molar-refractivity contribution in [1.29, 1.82) is 5.26 Å². The van der Waals surface area contributed by atoms with Crippen molar-refractivity contribution < 1.29 is 14.3 Å². The van der Waals surface area contributed by atoms with Gasteiger partial charge in [0.1, 0.15) is 0 Å². The first-order chi connectivity index (χ1) is 18.5. The first kappa shape index (κ1) is 25.3. The molecule has 1 aliphatic rings. The van der Waals surface area contributed by atoms with Gasteiger partial charge >= 0.3 is 5.97 Å². The molecule has 3 aromatic carbocycles. The SMILES string of the molecule is CCOc1nc2cccc(C(=O)OC)c2n1Cc1ccc(-c2cc(N3CCC[C@@H](C)C3)ccc2C#N)cc1. The molecule has 1 aliphatic heterocycles. The van der Waals surface area contributed by atoms with Gasteiger partial charge in [0.05, 0.1) is 48.5 Å². The smallest absolute Gasteiger partial charge is 0.340 e. The maximum absolute atomic E-state index is 12.5. The van der Waals surface area contributed by atoms with E-state index in [0.29, 0.717) is 47.2 Å². The third-order valence-corrected chi connectivity index (χ3v) is 7.16. The van der Waals surface area contributed by atoms with E-state index < -0.39 is 5.97 Å². The van der Waals surface area contributed by atoms with Gasteiger partial charge in [-0.15, -0.1) is 0 Å². The van der Waals surface area contributed by atoms with Crippen molar-refractivity contribution in [2.75, 3.05) is 31.7 Å². The van der Waals surface area contributed by atoms with Crippen molar-refractivity contribution in [3.63, 3.8) is 0 Å². The average Bonchev–Trinajstić information content (AvgIpc) is 3.29. The fourth-order valence-electron chi connectivity index (χ4n) is 5.29. The van der Waals surface area contributed by atoms with E-state index in [2.05, 4.69) is 59.3 Å². The van der Waals surface area contributed by atoms with E-state index >= 15 is 0 Å². The molecule has 7 heteroatoms. The zero-order valence-electron chi connectivity index (χ0n) is 22.1. The summed E-state index contributed by atoms with van der Waals surface area (Å²) in [5.41, 5.74) is 6.58. The molecule has 0 unspecified atom stereocenters. The number of nitrogens with zero attached hydrogens (tertiary/aromatic N) is 4. The van der Waals surface area contributed by atoms with Crippen LogP contribution in [0.5, 0.6) is 6.01 Å². The Balaban J connectivity index is 1.48. The highest BCUT2D eigenvalue weighted by molar-refractivity contribution is 6.02. The predicted molar refractivity (Wildman–Crippen MR) is 149 cm³/mol. The Kier molecular flexibility index (Phi) is 7.32. The molecule has 0 N–H and O–H groups in total. The number of carbonyl (C=O) groups is 1. The number of anilines is 1. The standard InChI is InChI=1S/C31H32N4O3/c1-4-38-31-33-28-9-5-8-26(30(36)37-3)29(28)35(31)20-22-10-12-23(13-11-22)27-17-25(15-14-24(27)18-32)34-16-6-7-21(2)19-34/h5,8-15,17,21H,4,6-7,16,19-20H2,1-3H3/t21-/m1/s1. The number of hydrogen-bond donors (Lipinski definition) is 0. The topological polar surface area (TPSA) is 80.4 Å². The van der Waals surface area contributed by atoms with Crippen LogP contribution in [0.25, 0.3) is 22.2 Å². The molecule has 38 heavy (non-hydrogen) atoms. The molecule has 0 aliphatic carbocycles. The molecule has 0 radical (unpaired) electrons. The number of piperidine rings is 1. The third-order valence-electron chi connectivity index (χ3n) is 7.16. The maximum atomic E-state index is 12.5. The van der Waals surface area contributed by atoms with Crippen molar-refractivity contribution in [1.82, 2.24) is 9.55 Å². The minimum atomic E-state index is -0.415. The number of aromatic nitrogens is 2. The molecule has 4 aromatic rings. The molecule has 0 bridgehead atoms. The summed E-state index contributed by atoms with van der Waals surface area (Å²) in [5.74, 6) is 0.254. The second-order valence-electron chi connectivity index (χ2n) is 9.81. The van der Waals surface area contributed by atoms with Crippen molar-refractivity contribution in [3.8, 4) is 23.2 Å². The van der Waals surface area contributed by atoms with Gasteiger partial charge in [-0.2, -0.15) is 10.2 Å². The van der Waals surface area contributed by atoms with E-state index in [-0.39, 0.29) is 0 Å². The molecule has 1 aromatic heterocycles. The first-order valence-electron chi connectivity index (χ1n) is 13.1. The van der Waals surface area contributed by atoms with Crippen molar-refractivity contribution in [2.24, 2.45) is 5.92 Å². The fourth-order valence-corrected chi connectivity index (χ4v) is 5.29. The van der Waals surface area contributed by atoms with E-state index in [9.17, 15) is 10.1 Å². The molecule has 2 heterocycles. The van der Waals surface area contributed by atoms with Gasteiger partial charge in [-0.3, -0.25) is 4.57 Å². The van der Waals surface area contributed by atoms with E-state index in [0.717, 1.165) is 35.5 Å². The summed E-state index contributed by atoms with van der Waals surface area (Å²) in [6.45, 7) is 7.22. The lowest BCUT2D eigenvalue weighted by molar-refractivity contribution is 0.0602. The highest BCUT2D eigenvalue weighted by Crippen LogP contribution is 2.32. The highest BCUT2D eigenvalue weighted by Gasteiger charge is 2.21. The van der Waals surface area contributed by atoms with Crippen molar-refractivity contribution in [3.05, 3.63) is 77.4 Å². The average molecular weight is 509 g/mol. The number of rotatable bonds is 7. The van der Waals surface area contributed by atoms with Crippen LogP contribution in [0.4, 0.5) is 5.69 Å². The molecule has 0 spiro atoms. The van der Waals surface area contributed by atoms with Crippen LogP contribution < -0.4 is 9.64 Å². The van der Waals surface area contributed by atoms with E-state index in [1.807, 2.05) is 23.6 Å². The third kappa shape index (κ3) is 4.95. The van der Waals surface area contributed by atoms with Gasteiger partial charge in [0.2, 0.25) is 0 Å². The zero-order valence-corrected chi connectivity index (χ0v) is 22.1. The normalized spacial score (nSPS) is 15.3. The molecule has 5 rings (SSSR count). The molecular weight excluding hydrogens is 476 g/mol. The second-order valence-corrected chi connectivity index (χ2v) is 9.81.